The Bertz CT molecular complexity index is 575. The lowest BCUT2D eigenvalue weighted by molar-refractivity contribution is 0.382. The summed E-state index contributed by atoms with van der Waals surface area (Å²) in [6.07, 6.45) is 2.07. The number of methoxy groups -OCH3 is 1. The number of likely N-dealkylation sites (N-methyl/N-ethyl adjacent to an activating group) is 1. The molecule has 1 aromatic heterocycles. The van der Waals surface area contributed by atoms with Crippen molar-refractivity contribution in [2.45, 2.75) is 12.5 Å². The number of nitrogens with zero attached hydrogens (tertiary/aromatic N) is 1. The zero-order chi connectivity index (χ0) is 14.5. The fraction of sp³-hybridized carbons (Fsp3) is 0.267. The summed E-state index contributed by atoms with van der Waals surface area (Å²) in [5.74, 6) is -0.0781. The third-order valence-electron chi connectivity index (χ3n) is 3.14. The molecule has 2 aromatic rings. The highest BCUT2D eigenvalue weighted by Crippen LogP contribution is 2.24. The Morgan fingerprint density at radius 2 is 2.15 bits per heavy atom. The Morgan fingerprint density at radius 1 is 1.35 bits per heavy atom. The van der Waals surface area contributed by atoms with Gasteiger partial charge in [0.15, 0.2) is 11.6 Å². The highest BCUT2D eigenvalue weighted by molar-refractivity contribution is 6.30. The summed E-state index contributed by atoms with van der Waals surface area (Å²) in [7, 11) is 3.28. The van der Waals surface area contributed by atoms with E-state index in [-0.39, 0.29) is 17.6 Å². The summed E-state index contributed by atoms with van der Waals surface area (Å²) < 4.78 is 19.1. The fourth-order valence-electron chi connectivity index (χ4n) is 2.04. The van der Waals surface area contributed by atoms with Crippen LogP contribution >= 0.6 is 11.6 Å². The molecule has 0 bridgehead atoms. The van der Waals surface area contributed by atoms with Crippen molar-refractivity contribution in [3.8, 4) is 5.75 Å². The van der Waals surface area contributed by atoms with Gasteiger partial charge in [0.1, 0.15) is 0 Å². The number of rotatable bonds is 5. The van der Waals surface area contributed by atoms with Crippen molar-refractivity contribution >= 4 is 11.6 Å². The van der Waals surface area contributed by atoms with Gasteiger partial charge in [0, 0.05) is 6.20 Å². The van der Waals surface area contributed by atoms with Crippen molar-refractivity contribution in [2.75, 3.05) is 14.2 Å². The van der Waals surface area contributed by atoms with E-state index in [1.807, 2.05) is 13.1 Å². The molecule has 2 rings (SSSR count). The summed E-state index contributed by atoms with van der Waals surface area (Å²) >= 11 is 5.83. The summed E-state index contributed by atoms with van der Waals surface area (Å²) in [5.41, 5.74) is 1.40. The average Bonchev–Trinajstić information content (AvgIpc) is 2.47. The van der Waals surface area contributed by atoms with Crippen LogP contribution < -0.4 is 10.1 Å². The molecule has 1 unspecified atom stereocenters. The third-order valence-corrected chi connectivity index (χ3v) is 3.37. The molecule has 0 radical (unpaired) electrons. The molecule has 3 nitrogen and oxygen atoms in total. The third kappa shape index (κ3) is 3.26. The Kier molecular flexibility index (Phi) is 4.93. The molecule has 0 aliphatic heterocycles. The van der Waals surface area contributed by atoms with Crippen molar-refractivity contribution in [3.05, 3.63) is 58.6 Å². The van der Waals surface area contributed by atoms with Gasteiger partial charge in [-0.3, -0.25) is 4.98 Å². The number of ether oxygens (including phenoxy) is 1. The van der Waals surface area contributed by atoms with Gasteiger partial charge in [-0.2, -0.15) is 0 Å². The molecule has 5 heteroatoms. The molecule has 0 amide bonds. The van der Waals surface area contributed by atoms with E-state index in [1.165, 1.54) is 7.11 Å². The molecule has 0 fully saturated rings. The van der Waals surface area contributed by atoms with Crippen LogP contribution in [0, 0.1) is 5.82 Å². The minimum atomic E-state index is -0.329. The first-order valence-corrected chi connectivity index (χ1v) is 6.63. The molecule has 0 aliphatic carbocycles. The highest BCUT2D eigenvalue weighted by atomic mass is 35.5. The predicted molar refractivity (Wildman–Crippen MR) is 77.7 cm³/mol. The van der Waals surface area contributed by atoms with Gasteiger partial charge in [0.25, 0.3) is 0 Å². The molecule has 0 saturated heterocycles. The number of pyridine rings is 1. The maximum Gasteiger partial charge on any atom is 0.168 e. The summed E-state index contributed by atoms with van der Waals surface area (Å²) in [6, 6.07) is 8.65. The van der Waals surface area contributed by atoms with E-state index in [2.05, 4.69) is 10.3 Å². The van der Waals surface area contributed by atoms with Crippen LogP contribution in [0.4, 0.5) is 4.39 Å². The number of benzene rings is 1. The Labute approximate surface area is 122 Å². The van der Waals surface area contributed by atoms with Crippen LogP contribution in [0.2, 0.25) is 5.02 Å². The van der Waals surface area contributed by atoms with E-state index in [0.29, 0.717) is 17.0 Å². The molecule has 0 saturated carbocycles. The van der Waals surface area contributed by atoms with Crippen molar-refractivity contribution < 1.29 is 9.13 Å². The van der Waals surface area contributed by atoms with E-state index in [1.54, 1.807) is 30.5 Å². The second kappa shape index (κ2) is 6.68. The largest absolute Gasteiger partial charge is 0.494 e. The molecule has 106 valence electrons. The lowest BCUT2D eigenvalue weighted by atomic mass is 10.0. The van der Waals surface area contributed by atoms with Gasteiger partial charge >= 0.3 is 0 Å². The van der Waals surface area contributed by atoms with Crippen LogP contribution in [0.1, 0.15) is 17.3 Å². The van der Waals surface area contributed by atoms with Crippen LogP contribution in [0.3, 0.4) is 0 Å². The molecule has 1 heterocycles. The Balaban J connectivity index is 2.24. The van der Waals surface area contributed by atoms with E-state index in [4.69, 9.17) is 16.3 Å². The first-order chi connectivity index (χ1) is 9.65. The topological polar surface area (TPSA) is 34.1 Å². The van der Waals surface area contributed by atoms with Crippen LogP contribution in [0.5, 0.6) is 5.75 Å². The van der Waals surface area contributed by atoms with E-state index < -0.39 is 0 Å². The van der Waals surface area contributed by atoms with E-state index in [9.17, 15) is 4.39 Å². The van der Waals surface area contributed by atoms with Crippen LogP contribution in [-0.4, -0.2) is 19.1 Å². The lowest BCUT2D eigenvalue weighted by Crippen LogP contribution is -2.20. The van der Waals surface area contributed by atoms with Gasteiger partial charge in [-0.1, -0.05) is 23.7 Å². The van der Waals surface area contributed by atoms with Crippen molar-refractivity contribution in [3.63, 3.8) is 0 Å². The first-order valence-electron chi connectivity index (χ1n) is 6.25. The number of hydrogen-bond acceptors (Lipinski definition) is 3. The van der Waals surface area contributed by atoms with Gasteiger partial charge in [0.05, 0.1) is 23.9 Å². The van der Waals surface area contributed by atoms with Gasteiger partial charge < -0.3 is 10.1 Å². The molecule has 0 spiro atoms. The SMILES string of the molecule is CNC(Cc1cccc(OC)c1F)c1ccc(Cl)cn1. The molecular formula is C15H16ClFN2O. The molecule has 0 aliphatic rings. The van der Waals surface area contributed by atoms with E-state index in [0.717, 1.165) is 5.69 Å². The smallest absolute Gasteiger partial charge is 0.168 e. The zero-order valence-corrected chi connectivity index (χ0v) is 12.1. The van der Waals surface area contributed by atoms with Crippen molar-refractivity contribution in [1.82, 2.24) is 10.3 Å². The first kappa shape index (κ1) is 14.8. The van der Waals surface area contributed by atoms with Gasteiger partial charge in [-0.25, -0.2) is 4.39 Å². The summed E-state index contributed by atoms with van der Waals surface area (Å²) in [6.45, 7) is 0. The predicted octanol–water partition coefficient (Wildman–Crippen LogP) is 3.39. The minimum absolute atomic E-state index is 0.0890. The number of aromatic nitrogens is 1. The van der Waals surface area contributed by atoms with E-state index >= 15 is 0 Å². The summed E-state index contributed by atoms with van der Waals surface area (Å²) in [4.78, 5) is 4.27. The number of nitrogens with one attached hydrogen (secondary N) is 1. The summed E-state index contributed by atoms with van der Waals surface area (Å²) in [5, 5.41) is 3.72. The van der Waals surface area contributed by atoms with Crippen LogP contribution in [0.15, 0.2) is 36.5 Å². The second-order valence-corrected chi connectivity index (χ2v) is 4.82. The molecule has 1 atom stereocenters. The van der Waals surface area contributed by atoms with Gasteiger partial charge in [0.2, 0.25) is 0 Å². The second-order valence-electron chi connectivity index (χ2n) is 4.38. The molecule has 1 N–H and O–H groups in total. The Morgan fingerprint density at radius 3 is 2.75 bits per heavy atom. The minimum Gasteiger partial charge on any atom is -0.494 e. The van der Waals surface area contributed by atoms with Gasteiger partial charge in [-0.15, -0.1) is 0 Å². The Hall–Kier alpha value is -1.65. The van der Waals surface area contributed by atoms with Crippen molar-refractivity contribution in [1.29, 1.82) is 0 Å². The van der Waals surface area contributed by atoms with Gasteiger partial charge in [-0.05, 0) is 37.2 Å². The number of hydrogen-bond donors (Lipinski definition) is 1. The normalized spacial score (nSPS) is 12.2. The maximum atomic E-state index is 14.2. The van der Waals surface area contributed by atoms with Crippen LogP contribution in [0.25, 0.3) is 0 Å². The maximum absolute atomic E-state index is 14.2. The average molecular weight is 295 g/mol. The monoisotopic (exact) mass is 294 g/mol. The number of halogens is 2. The quantitative estimate of drug-likeness (QED) is 0.918. The molecular weight excluding hydrogens is 279 g/mol. The lowest BCUT2D eigenvalue weighted by Gasteiger charge is -2.17. The standard InChI is InChI=1S/C15H16ClFN2O/c1-18-13(12-7-6-11(16)9-19-12)8-10-4-3-5-14(20-2)15(10)17/h3-7,9,13,18H,8H2,1-2H3. The van der Waals surface area contributed by atoms with Crippen molar-refractivity contribution in [2.24, 2.45) is 0 Å². The fourth-order valence-corrected chi connectivity index (χ4v) is 2.15. The zero-order valence-electron chi connectivity index (χ0n) is 11.4. The molecule has 20 heavy (non-hydrogen) atoms. The molecule has 1 aromatic carbocycles. The van der Waals surface area contributed by atoms with Crippen LogP contribution in [-0.2, 0) is 6.42 Å². The highest BCUT2D eigenvalue weighted by Gasteiger charge is 2.16.